The fourth-order valence-corrected chi connectivity index (χ4v) is 4.25. The summed E-state index contributed by atoms with van der Waals surface area (Å²) in [7, 11) is 0. The highest BCUT2D eigenvalue weighted by molar-refractivity contribution is 5.78. The highest BCUT2D eigenvalue weighted by Gasteiger charge is 2.43. The molecule has 3 saturated heterocycles. The van der Waals surface area contributed by atoms with Crippen molar-refractivity contribution in [3.63, 3.8) is 0 Å². The second-order valence-corrected chi connectivity index (χ2v) is 7.61. The van der Waals surface area contributed by atoms with E-state index in [0.717, 1.165) is 52.0 Å². The number of piperidine rings is 2. The Morgan fingerprint density at radius 2 is 1.75 bits per heavy atom. The molecule has 0 aliphatic carbocycles. The van der Waals surface area contributed by atoms with Crippen LogP contribution in [0.1, 0.15) is 38.5 Å². The minimum Gasteiger partial charge on any atom is -0.381 e. The topological polar surface area (TPSA) is 32.8 Å². The van der Waals surface area contributed by atoms with E-state index in [-0.39, 0.29) is 25.4 Å². The zero-order valence-electron chi connectivity index (χ0n) is 14.1. The molecular weight excluding hydrogens is 321 g/mol. The lowest BCUT2D eigenvalue weighted by molar-refractivity contribution is -0.188. The summed E-state index contributed by atoms with van der Waals surface area (Å²) in [5.74, 6) is -1.51. The zero-order valence-corrected chi connectivity index (χ0v) is 14.1. The van der Waals surface area contributed by atoms with Crippen molar-refractivity contribution in [3.8, 4) is 0 Å². The standard InChI is InChI=1S/C17H27F3N2O2/c18-17(19,20)14-2-1-7-22(12-14)15(23)13-21-8-3-16(4-9-21)5-10-24-11-6-16/h14H,1-13H2. The fourth-order valence-electron chi connectivity index (χ4n) is 4.25. The van der Waals surface area contributed by atoms with Crippen LogP contribution in [0.25, 0.3) is 0 Å². The monoisotopic (exact) mass is 348 g/mol. The van der Waals surface area contributed by atoms with Crippen LogP contribution in [0.3, 0.4) is 0 Å². The molecule has 0 aromatic rings. The van der Waals surface area contributed by atoms with Crippen molar-refractivity contribution < 1.29 is 22.7 Å². The molecule has 3 rings (SSSR count). The summed E-state index contributed by atoms with van der Waals surface area (Å²) in [6, 6.07) is 0. The molecule has 0 radical (unpaired) electrons. The van der Waals surface area contributed by atoms with Gasteiger partial charge in [-0.3, -0.25) is 9.69 Å². The molecule has 7 heteroatoms. The fraction of sp³-hybridized carbons (Fsp3) is 0.941. The van der Waals surface area contributed by atoms with E-state index in [2.05, 4.69) is 4.90 Å². The second-order valence-electron chi connectivity index (χ2n) is 7.61. The van der Waals surface area contributed by atoms with Crippen molar-refractivity contribution >= 4 is 5.91 Å². The smallest absolute Gasteiger partial charge is 0.381 e. The van der Waals surface area contributed by atoms with Crippen LogP contribution in [-0.2, 0) is 9.53 Å². The van der Waals surface area contributed by atoms with E-state index in [1.54, 1.807) is 0 Å². The Kier molecular flexibility index (Phi) is 5.39. The number of nitrogens with zero attached hydrogens (tertiary/aromatic N) is 2. The first kappa shape index (κ1) is 18.0. The number of hydrogen-bond acceptors (Lipinski definition) is 3. The summed E-state index contributed by atoms with van der Waals surface area (Å²) in [5, 5.41) is 0. The summed E-state index contributed by atoms with van der Waals surface area (Å²) in [6.07, 6.45) is 0.700. The molecule has 138 valence electrons. The molecule has 3 aliphatic rings. The van der Waals surface area contributed by atoms with Gasteiger partial charge in [-0.05, 0) is 57.0 Å². The van der Waals surface area contributed by atoms with E-state index in [0.29, 0.717) is 18.4 Å². The first-order valence-corrected chi connectivity index (χ1v) is 9.03. The van der Waals surface area contributed by atoms with E-state index in [1.165, 1.54) is 4.90 Å². The lowest BCUT2D eigenvalue weighted by Crippen LogP contribution is -2.50. The van der Waals surface area contributed by atoms with Crippen molar-refractivity contribution in [2.75, 3.05) is 45.9 Å². The second kappa shape index (κ2) is 7.20. The molecule has 1 amide bonds. The molecule has 1 unspecified atom stereocenters. The van der Waals surface area contributed by atoms with Gasteiger partial charge in [0, 0.05) is 26.3 Å². The summed E-state index contributed by atoms with van der Waals surface area (Å²) >= 11 is 0. The average molecular weight is 348 g/mol. The van der Waals surface area contributed by atoms with Crippen LogP contribution in [0, 0.1) is 11.3 Å². The normalized spacial score (nSPS) is 29.0. The molecule has 0 bridgehead atoms. The molecule has 0 aromatic carbocycles. The highest BCUT2D eigenvalue weighted by atomic mass is 19.4. The summed E-state index contributed by atoms with van der Waals surface area (Å²) in [4.78, 5) is 15.9. The van der Waals surface area contributed by atoms with Gasteiger partial charge < -0.3 is 9.64 Å². The Morgan fingerprint density at radius 1 is 1.08 bits per heavy atom. The predicted octanol–water partition coefficient (Wildman–Crippen LogP) is 2.68. The number of hydrogen-bond donors (Lipinski definition) is 0. The van der Waals surface area contributed by atoms with Gasteiger partial charge in [0.05, 0.1) is 12.5 Å². The molecule has 4 nitrogen and oxygen atoms in total. The van der Waals surface area contributed by atoms with E-state index >= 15 is 0 Å². The van der Waals surface area contributed by atoms with Gasteiger partial charge in [0.15, 0.2) is 0 Å². The third-order valence-electron chi connectivity index (χ3n) is 6.07. The number of likely N-dealkylation sites (tertiary alicyclic amines) is 2. The molecule has 0 N–H and O–H groups in total. The maximum absolute atomic E-state index is 12.9. The van der Waals surface area contributed by atoms with E-state index < -0.39 is 12.1 Å². The van der Waals surface area contributed by atoms with Gasteiger partial charge in [-0.1, -0.05) is 0 Å². The number of halogens is 3. The maximum Gasteiger partial charge on any atom is 0.393 e. The van der Waals surface area contributed by atoms with Gasteiger partial charge in [-0.2, -0.15) is 13.2 Å². The van der Waals surface area contributed by atoms with Crippen molar-refractivity contribution in [3.05, 3.63) is 0 Å². The van der Waals surface area contributed by atoms with Gasteiger partial charge in [0.25, 0.3) is 0 Å². The Hall–Kier alpha value is -0.820. The van der Waals surface area contributed by atoms with Crippen LogP contribution >= 0.6 is 0 Å². The molecule has 0 aromatic heterocycles. The van der Waals surface area contributed by atoms with Gasteiger partial charge >= 0.3 is 6.18 Å². The Bertz CT molecular complexity index is 440. The SMILES string of the molecule is O=C(CN1CCC2(CCOCC2)CC1)N1CCCC(C(F)(F)F)C1. The summed E-state index contributed by atoms with van der Waals surface area (Å²) in [5.41, 5.74) is 0.365. The molecule has 1 atom stereocenters. The minimum absolute atomic E-state index is 0.140. The molecule has 0 saturated carbocycles. The maximum atomic E-state index is 12.9. The number of carbonyl (C=O) groups is 1. The molecule has 3 fully saturated rings. The third kappa shape index (κ3) is 4.23. The van der Waals surface area contributed by atoms with Crippen molar-refractivity contribution in [1.82, 2.24) is 9.80 Å². The van der Waals surface area contributed by atoms with E-state index in [4.69, 9.17) is 4.74 Å². The largest absolute Gasteiger partial charge is 0.393 e. The number of amides is 1. The summed E-state index contributed by atoms with van der Waals surface area (Å²) in [6.45, 7) is 3.93. The number of ether oxygens (including phenoxy) is 1. The van der Waals surface area contributed by atoms with E-state index in [9.17, 15) is 18.0 Å². The van der Waals surface area contributed by atoms with Crippen LogP contribution in [0.5, 0.6) is 0 Å². The Labute approximate surface area is 141 Å². The summed E-state index contributed by atoms with van der Waals surface area (Å²) < 4.78 is 44.1. The van der Waals surface area contributed by atoms with Gasteiger partial charge in [0.2, 0.25) is 5.91 Å². The van der Waals surface area contributed by atoms with Crippen LogP contribution < -0.4 is 0 Å². The average Bonchev–Trinajstić information content (AvgIpc) is 2.57. The van der Waals surface area contributed by atoms with Crippen LogP contribution in [0.4, 0.5) is 13.2 Å². The molecule has 24 heavy (non-hydrogen) atoms. The number of rotatable bonds is 2. The first-order valence-electron chi connectivity index (χ1n) is 9.03. The highest BCUT2D eigenvalue weighted by Crippen LogP contribution is 2.40. The quantitative estimate of drug-likeness (QED) is 0.769. The lowest BCUT2D eigenvalue weighted by atomic mass is 9.72. The number of carbonyl (C=O) groups excluding carboxylic acids is 1. The van der Waals surface area contributed by atoms with Crippen LogP contribution in [0.2, 0.25) is 0 Å². The number of alkyl halides is 3. The van der Waals surface area contributed by atoms with Gasteiger partial charge in [-0.25, -0.2) is 0 Å². The van der Waals surface area contributed by atoms with Gasteiger partial charge in [0.1, 0.15) is 0 Å². The first-order chi connectivity index (χ1) is 11.4. The molecule has 3 heterocycles. The molecular formula is C17H27F3N2O2. The van der Waals surface area contributed by atoms with Crippen molar-refractivity contribution in [2.45, 2.75) is 44.7 Å². The van der Waals surface area contributed by atoms with E-state index in [1.807, 2.05) is 0 Å². The van der Waals surface area contributed by atoms with Gasteiger partial charge in [-0.15, -0.1) is 0 Å². The van der Waals surface area contributed by atoms with Crippen molar-refractivity contribution in [1.29, 1.82) is 0 Å². The third-order valence-corrected chi connectivity index (χ3v) is 6.07. The van der Waals surface area contributed by atoms with Crippen LogP contribution in [0.15, 0.2) is 0 Å². The molecule has 1 spiro atoms. The lowest BCUT2D eigenvalue weighted by Gasteiger charge is -2.44. The Balaban J connectivity index is 1.47. The predicted molar refractivity (Wildman–Crippen MR) is 83.5 cm³/mol. The van der Waals surface area contributed by atoms with Crippen LogP contribution in [-0.4, -0.2) is 67.8 Å². The molecule has 3 aliphatic heterocycles. The Morgan fingerprint density at radius 3 is 2.38 bits per heavy atom. The van der Waals surface area contributed by atoms with Crippen molar-refractivity contribution in [2.24, 2.45) is 11.3 Å². The minimum atomic E-state index is -4.19. The zero-order chi connectivity index (χ0) is 17.2.